The smallest absolute Gasteiger partial charge is 0.272 e. The van der Waals surface area contributed by atoms with Crippen LogP contribution in [-0.4, -0.2) is 23.0 Å². The van der Waals surface area contributed by atoms with Crippen LogP contribution in [0.5, 0.6) is 0 Å². The molecule has 0 aromatic heterocycles. The third-order valence-electron chi connectivity index (χ3n) is 3.70. The average molecular weight is 280 g/mol. The molecule has 0 atom stereocenters. The van der Waals surface area contributed by atoms with Gasteiger partial charge < -0.3 is 5.32 Å². The van der Waals surface area contributed by atoms with E-state index in [1.54, 1.807) is 12.1 Å². The van der Waals surface area contributed by atoms with Crippen LogP contribution in [0, 0.1) is 23.0 Å². The zero-order chi connectivity index (χ0) is 13.7. The summed E-state index contributed by atoms with van der Waals surface area (Å²) >= 11 is 2.03. The quantitative estimate of drug-likeness (QED) is 0.665. The number of hydrogen-bond donors (Lipinski definition) is 1. The van der Waals surface area contributed by atoms with Crippen LogP contribution in [0.25, 0.3) is 0 Å². The predicted molar refractivity (Wildman–Crippen MR) is 79.6 cm³/mol. The van der Waals surface area contributed by atoms with Crippen molar-refractivity contribution in [1.29, 1.82) is 0 Å². The summed E-state index contributed by atoms with van der Waals surface area (Å²) in [5.74, 6) is 3.30. The van der Waals surface area contributed by atoms with Gasteiger partial charge in [0.1, 0.15) is 0 Å². The number of benzene rings is 1. The van der Waals surface area contributed by atoms with Crippen LogP contribution < -0.4 is 5.32 Å². The van der Waals surface area contributed by atoms with Gasteiger partial charge >= 0.3 is 0 Å². The normalized spacial score (nSPS) is 16.5. The van der Waals surface area contributed by atoms with Gasteiger partial charge in [0.15, 0.2) is 0 Å². The molecule has 1 heterocycles. The van der Waals surface area contributed by atoms with E-state index < -0.39 is 0 Å². The van der Waals surface area contributed by atoms with Crippen molar-refractivity contribution in [2.75, 3.05) is 18.1 Å². The van der Waals surface area contributed by atoms with Crippen molar-refractivity contribution in [2.45, 2.75) is 26.3 Å². The van der Waals surface area contributed by atoms with Crippen molar-refractivity contribution >= 4 is 17.4 Å². The Labute approximate surface area is 118 Å². The molecule has 1 aromatic rings. The molecule has 5 heteroatoms. The average Bonchev–Trinajstić information content (AvgIpc) is 2.41. The summed E-state index contributed by atoms with van der Waals surface area (Å²) in [5.41, 5.74) is 2.02. The number of nitro groups is 1. The van der Waals surface area contributed by atoms with E-state index in [1.165, 1.54) is 24.3 Å². The van der Waals surface area contributed by atoms with Crippen molar-refractivity contribution in [3.63, 3.8) is 0 Å². The van der Waals surface area contributed by atoms with Crippen molar-refractivity contribution in [3.8, 4) is 0 Å². The second kappa shape index (κ2) is 6.91. The molecule has 0 unspecified atom stereocenters. The molecule has 0 spiro atoms. The Morgan fingerprint density at radius 3 is 2.84 bits per heavy atom. The van der Waals surface area contributed by atoms with Crippen LogP contribution in [0.2, 0.25) is 0 Å². The van der Waals surface area contributed by atoms with Crippen LogP contribution >= 0.6 is 11.8 Å². The molecule has 0 amide bonds. The molecule has 2 rings (SSSR count). The topological polar surface area (TPSA) is 55.2 Å². The zero-order valence-electron chi connectivity index (χ0n) is 11.2. The predicted octanol–water partition coefficient (Wildman–Crippen LogP) is 3.14. The van der Waals surface area contributed by atoms with Gasteiger partial charge in [0.25, 0.3) is 5.69 Å². The van der Waals surface area contributed by atoms with Gasteiger partial charge in [0.05, 0.1) is 4.92 Å². The van der Waals surface area contributed by atoms with E-state index in [1.807, 2.05) is 24.8 Å². The second-order valence-electron chi connectivity index (χ2n) is 5.01. The fourth-order valence-electron chi connectivity index (χ4n) is 2.42. The SMILES string of the molecule is Cc1c(CNCC2CCSCC2)cccc1[N+](=O)[O-]. The molecular weight excluding hydrogens is 260 g/mol. The highest BCUT2D eigenvalue weighted by atomic mass is 32.2. The highest BCUT2D eigenvalue weighted by Crippen LogP contribution is 2.23. The summed E-state index contributed by atoms with van der Waals surface area (Å²) < 4.78 is 0. The number of rotatable bonds is 5. The second-order valence-corrected chi connectivity index (χ2v) is 6.23. The van der Waals surface area contributed by atoms with Gasteiger partial charge in [0.2, 0.25) is 0 Å². The third kappa shape index (κ3) is 3.94. The summed E-state index contributed by atoms with van der Waals surface area (Å²) in [6.07, 6.45) is 2.57. The molecule has 1 fully saturated rings. The van der Waals surface area contributed by atoms with Gasteiger partial charge in [-0.1, -0.05) is 12.1 Å². The van der Waals surface area contributed by atoms with E-state index in [2.05, 4.69) is 5.32 Å². The van der Waals surface area contributed by atoms with Gasteiger partial charge in [-0.05, 0) is 49.3 Å². The summed E-state index contributed by atoms with van der Waals surface area (Å²) in [6.45, 7) is 3.56. The number of nitro benzene ring substituents is 1. The Morgan fingerprint density at radius 1 is 1.42 bits per heavy atom. The van der Waals surface area contributed by atoms with Crippen LogP contribution in [0.1, 0.15) is 24.0 Å². The fraction of sp³-hybridized carbons (Fsp3) is 0.571. The van der Waals surface area contributed by atoms with Crippen LogP contribution in [0.3, 0.4) is 0 Å². The number of thioether (sulfide) groups is 1. The van der Waals surface area contributed by atoms with Gasteiger partial charge in [0, 0.05) is 18.2 Å². The lowest BCUT2D eigenvalue weighted by atomic mass is 10.0. The molecule has 0 saturated carbocycles. The first-order chi connectivity index (χ1) is 9.18. The zero-order valence-corrected chi connectivity index (χ0v) is 12.0. The summed E-state index contributed by atoms with van der Waals surface area (Å²) in [7, 11) is 0. The first kappa shape index (κ1) is 14.3. The number of hydrogen-bond acceptors (Lipinski definition) is 4. The lowest BCUT2D eigenvalue weighted by molar-refractivity contribution is -0.385. The molecule has 4 nitrogen and oxygen atoms in total. The van der Waals surface area contributed by atoms with Gasteiger partial charge in [-0.25, -0.2) is 0 Å². The van der Waals surface area contributed by atoms with E-state index in [4.69, 9.17) is 0 Å². The lowest BCUT2D eigenvalue weighted by Crippen LogP contribution is -2.25. The Balaban J connectivity index is 1.88. The Bertz CT molecular complexity index is 445. The Morgan fingerprint density at radius 2 is 2.16 bits per heavy atom. The largest absolute Gasteiger partial charge is 0.312 e. The minimum Gasteiger partial charge on any atom is -0.312 e. The monoisotopic (exact) mass is 280 g/mol. The summed E-state index contributed by atoms with van der Waals surface area (Å²) in [6, 6.07) is 5.29. The van der Waals surface area contributed by atoms with E-state index in [0.29, 0.717) is 0 Å². The first-order valence-corrected chi connectivity index (χ1v) is 7.85. The molecule has 19 heavy (non-hydrogen) atoms. The maximum Gasteiger partial charge on any atom is 0.272 e. The lowest BCUT2D eigenvalue weighted by Gasteiger charge is -2.21. The van der Waals surface area contributed by atoms with Crippen molar-refractivity contribution < 1.29 is 4.92 Å². The first-order valence-electron chi connectivity index (χ1n) is 6.70. The number of nitrogens with one attached hydrogen (secondary N) is 1. The molecule has 0 aliphatic carbocycles. The standard InChI is InChI=1S/C14H20N2O2S/c1-11-13(3-2-4-14(11)16(17)18)10-15-9-12-5-7-19-8-6-12/h2-4,12,15H,5-10H2,1H3. The van der Waals surface area contributed by atoms with Gasteiger partial charge in [-0.15, -0.1) is 0 Å². The molecule has 1 aliphatic rings. The molecular formula is C14H20N2O2S. The maximum absolute atomic E-state index is 10.9. The highest BCUT2D eigenvalue weighted by molar-refractivity contribution is 7.99. The van der Waals surface area contributed by atoms with Crippen molar-refractivity contribution in [2.24, 2.45) is 5.92 Å². The van der Waals surface area contributed by atoms with Gasteiger partial charge in [-0.3, -0.25) is 10.1 Å². The van der Waals surface area contributed by atoms with E-state index >= 15 is 0 Å². The molecule has 0 radical (unpaired) electrons. The van der Waals surface area contributed by atoms with Crippen molar-refractivity contribution in [3.05, 3.63) is 39.4 Å². The Hall–Kier alpha value is -1.07. The molecule has 1 N–H and O–H groups in total. The summed E-state index contributed by atoms with van der Waals surface area (Å²) in [4.78, 5) is 10.6. The van der Waals surface area contributed by atoms with E-state index in [0.717, 1.165) is 30.1 Å². The van der Waals surface area contributed by atoms with Crippen LogP contribution in [0.4, 0.5) is 5.69 Å². The molecule has 0 bridgehead atoms. The van der Waals surface area contributed by atoms with E-state index in [-0.39, 0.29) is 10.6 Å². The summed E-state index contributed by atoms with van der Waals surface area (Å²) in [5, 5.41) is 14.3. The van der Waals surface area contributed by atoms with Crippen molar-refractivity contribution in [1.82, 2.24) is 5.32 Å². The molecule has 1 aromatic carbocycles. The van der Waals surface area contributed by atoms with Gasteiger partial charge in [-0.2, -0.15) is 11.8 Å². The van der Waals surface area contributed by atoms with Crippen LogP contribution in [0.15, 0.2) is 18.2 Å². The van der Waals surface area contributed by atoms with Crippen LogP contribution in [-0.2, 0) is 6.54 Å². The number of nitrogens with zero attached hydrogens (tertiary/aromatic N) is 1. The van der Waals surface area contributed by atoms with E-state index in [9.17, 15) is 10.1 Å². The minimum atomic E-state index is -0.308. The highest BCUT2D eigenvalue weighted by Gasteiger charge is 2.15. The fourth-order valence-corrected chi connectivity index (χ4v) is 3.62. The molecule has 1 saturated heterocycles. The maximum atomic E-state index is 10.9. The molecule has 104 valence electrons. The minimum absolute atomic E-state index is 0.216. The Kier molecular flexibility index (Phi) is 5.22. The third-order valence-corrected chi connectivity index (χ3v) is 4.75. The molecule has 1 aliphatic heterocycles.